The Morgan fingerprint density at radius 3 is 2.72 bits per heavy atom. The Labute approximate surface area is 108 Å². The van der Waals surface area contributed by atoms with Crippen LogP contribution in [-0.4, -0.2) is 63.6 Å². The van der Waals surface area contributed by atoms with Crippen LogP contribution in [0.1, 0.15) is 12.8 Å². The molecule has 0 aromatic rings. The van der Waals surface area contributed by atoms with Crippen molar-refractivity contribution in [1.82, 2.24) is 10.3 Å². The van der Waals surface area contributed by atoms with Gasteiger partial charge in [-0.15, -0.1) is 0 Å². The molecule has 0 aromatic heterocycles. The molecule has 106 valence electrons. The maximum absolute atomic E-state index is 11.2. The number of nitrogens with zero attached hydrogens (tertiary/aromatic N) is 1. The van der Waals surface area contributed by atoms with E-state index >= 15 is 0 Å². The lowest BCUT2D eigenvalue weighted by atomic mass is 10.2. The molecule has 1 saturated heterocycles. The Bertz CT molecular complexity index is 385. The molecule has 1 aliphatic rings. The molecule has 0 saturated carbocycles. The second-order valence-corrected chi connectivity index (χ2v) is 6.98. The first kappa shape index (κ1) is 15.4. The Balaban J connectivity index is 2.30. The number of hydrogen-bond donors (Lipinski definition) is 2. The number of hydrazine groups is 1. The number of likely N-dealkylation sites (N-methyl/N-ethyl adjacent to an activating group) is 1. The Morgan fingerprint density at radius 1 is 1.50 bits per heavy atom. The first-order chi connectivity index (χ1) is 8.31. The third-order valence-corrected chi connectivity index (χ3v) is 3.83. The summed E-state index contributed by atoms with van der Waals surface area (Å²) < 4.78 is 27.6. The number of hydrogen-bond acceptors (Lipinski definition) is 6. The minimum atomic E-state index is -2.94. The predicted molar refractivity (Wildman–Crippen MR) is 67.4 cm³/mol. The largest absolute Gasteiger partial charge is 0.364 e. The van der Waals surface area contributed by atoms with Crippen molar-refractivity contribution in [3.05, 3.63) is 0 Å². The van der Waals surface area contributed by atoms with Crippen LogP contribution in [-0.2, 0) is 19.4 Å². The van der Waals surface area contributed by atoms with E-state index < -0.39 is 15.9 Å². The van der Waals surface area contributed by atoms with Crippen LogP contribution in [0, 0.1) is 0 Å². The highest BCUT2D eigenvalue weighted by molar-refractivity contribution is 7.90. The van der Waals surface area contributed by atoms with Crippen LogP contribution in [0.5, 0.6) is 0 Å². The normalized spacial score (nSPS) is 24.4. The van der Waals surface area contributed by atoms with Gasteiger partial charge in [-0.05, 0) is 19.9 Å². The number of rotatable bonds is 6. The summed E-state index contributed by atoms with van der Waals surface area (Å²) in [6, 6.07) is 0. The zero-order valence-electron chi connectivity index (χ0n) is 10.8. The van der Waals surface area contributed by atoms with Gasteiger partial charge in [0, 0.05) is 19.3 Å². The molecule has 0 spiro atoms. The lowest BCUT2D eigenvalue weighted by molar-refractivity contribution is -0.132. The van der Waals surface area contributed by atoms with E-state index in [1.807, 2.05) is 11.9 Å². The fraction of sp³-hybridized carbons (Fsp3) is 0.900. The van der Waals surface area contributed by atoms with Crippen LogP contribution in [0.25, 0.3) is 0 Å². The molecule has 7 nitrogen and oxygen atoms in total. The Kier molecular flexibility index (Phi) is 5.51. The average molecular weight is 279 g/mol. The van der Waals surface area contributed by atoms with Gasteiger partial charge >= 0.3 is 0 Å². The van der Waals surface area contributed by atoms with Crippen molar-refractivity contribution in [2.75, 3.05) is 32.1 Å². The second-order valence-electron chi connectivity index (χ2n) is 4.72. The molecule has 1 amide bonds. The molecule has 18 heavy (non-hydrogen) atoms. The fourth-order valence-corrected chi connectivity index (χ4v) is 2.53. The van der Waals surface area contributed by atoms with Crippen LogP contribution in [0.2, 0.25) is 0 Å². The molecular weight excluding hydrogens is 258 g/mol. The maximum Gasteiger partial charge on any atom is 0.263 e. The van der Waals surface area contributed by atoms with Crippen LogP contribution in [0.4, 0.5) is 0 Å². The zero-order valence-corrected chi connectivity index (χ0v) is 11.6. The van der Waals surface area contributed by atoms with E-state index in [1.165, 1.54) is 6.26 Å². The smallest absolute Gasteiger partial charge is 0.263 e. The highest BCUT2D eigenvalue weighted by Gasteiger charge is 2.30. The second kappa shape index (κ2) is 6.46. The SMILES string of the molecule is CN(CCS(C)(=O)=O)CC1CCC(C(=O)NN)O1. The van der Waals surface area contributed by atoms with Gasteiger partial charge in [-0.1, -0.05) is 0 Å². The molecule has 0 aromatic carbocycles. The van der Waals surface area contributed by atoms with E-state index in [9.17, 15) is 13.2 Å². The number of ether oxygens (including phenoxy) is 1. The van der Waals surface area contributed by atoms with Gasteiger partial charge in [0.1, 0.15) is 15.9 Å². The molecule has 0 bridgehead atoms. The minimum Gasteiger partial charge on any atom is -0.364 e. The number of carbonyl (C=O) groups excluding carboxylic acids is 1. The summed E-state index contributed by atoms with van der Waals surface area (Å²) in [5, 5.41) is 0. The van der Waals surface area contributed by atoms with Crippen molar-refractivity contribution >= 4 is 15.7 Å². The first-order valence-corrected chi connectivity index (χ1v) is 7.90. The molecular formula is C10H21N3O4S. The summed E-state index contributed by atoms with van der Waals surface area (Å²) in [6.07, 6.45) is 2.11. The van der Waals surface area contributed by atoms with Gasteiger partial charge in [0.25, 0.3) is 5.91 Å². The molecule has 0 aliphatic carbocycles. The first-order valence-electron chi connectivity index (χ1n) is 5.84. The summed E-state index contributed by atoms with van der Waals surface area (Å²) in [5.74, 6) is 4.86. The van der Waals surface area contributed by atoms with Gasteiger partial charge in [0.05, 0.1) is 11.9 Å². The van der Waals surface area contributed by atoms with Crippen molar-refractivity contribution in [1.29, 1.82) is 0 Å². The summed E-state index contributed by atoms with van der Waals surface area (Å²) in [6.45, 7) is 1.08. The highest BCUT2D eigenvalue weighted by Crippen LogP contribution is 2.20. The maximum atomic E-state index is 11.2. The zero-order chi connectivity index (χ0) is 13.8. The molecule has 1 fully saturated rings. The van der Waals surface area contributed by atoms with Crippen LogP contribution < -0.4 is 11.3 Å². The molecule has 8 heteroatoms. The van der Waals surface area contributed by atoms with E-state index in [4.69, 9.17) is 10.6 Å². The molecule has 3 N–H and O–H groups in total. The van der Waals surface area contributed by atoms with Gasteiger partial charge in [-0.3, -0.25) is 10.2 Å². The quantitative estimate of drug-likeness (QED) is 0.348. The predicted octanol–water partition coefficient (Wildman–Crippen LogP) is -1.50. The van der Waals surface area contributed by atoms with Crippen LogP contribution in [0.15, 0.2) is 0 Å². The number of nitrogens with one attached hydrogen (secondary N) is 1. The molecule has 1 heterocycles. The van der Waals surface area contributed by atoms with Gasteiger partial charge in [0.15, 0.2) is 0 Å². The van der Waals surface area contributed by atoms with Gasteiger partial charge in [0.2, 0.25) is 0 Å². The van der Waals surface area contributed by atoms with Crippen LogP contribution >= 0.6 is 0 Å². The number of sulfone groups is 1. The topological polar surface area (TPSA) is 102 Å². The third kappa shape index (κ3) is 5.30. The van der Waals surface area contributed by atoms with Gasteiger partial charge in [-0.2, -0.15) is 0 Å². The fourth-order valence-electron chi connectivity index (χ4n) is 1.89. The number of nitrogens with two attached hydrogens (primary N) is 1. The van der Waals surface area contributed by atoms with Gasteiger partial charge in [-0.25, -0.2) is 14.3 Å². The lowest BCUT2D eigenvalue weighted by Crippen LogP contribution is -2.40. The van der Waals surface area contributed by atoms with Crippen LogP contribution in [0.3, 0.4) is 0 Å². The van der Waals surface area contributed by atoms with E-state index in [2.05, 4.69) is 5.43 Å². The Hall–Kier alpha value is -0.700. The van der Waals surface area contributed by atoms with E-state index in [0.717, 1.165) is 6.42 Å². The molecule has 2 atom stereocenters. The summed E-state index contributed by atoms with van der Waals surface area (Å²) in [7, 11) is -1.11. The average Bonchev–Trinajstić information content (AvgIpc) is 2.73. The molecule has 2 unspecified atom stereocenters. The lowest BCUT2D eigenvalue weighted by Gasteiger charge is -2.20. The van der Waals surface area contributed by atoms with E-state index in [0.29, 0.717) is 19.5 Å². The summed E-state index contributed by atoms with van der Waals surface area (Å²) in [4.78, 5) is 13.1. The molecule has 1 aliphatic heterocycles. The number of amides is 1. The van der Waals surface area contributed by atoms with Gasteiger partial charge < -0.3 is 9.64 Å². The van der Waals surface area contributed by atoms with Crippen molar-refractivity contribution in [2.45, 2.75) is 25.0 Å². The third-order valence-electron chi connectivity index (χ3n) is 2.90. The highest BCUT2D eigenvalue weighted by atomic mass is 32.2. The summed E-state index contributed by atoms with van der Waals surface area (Å²) >= 11 is 0. The number of carbonyl (C=O) groups is 1. The monoisotopic (exact) mass is 279 g/mol. The standard InChI is InChI=1S/C10H21N3O4S/c1-13(5-6-18(2,15)16)7-8-3-4-9(17-8)10(14)12-11/h8-9H,3-7,11H2,1-2H3,(H,12,14). The molecule has 0 radical (unpaired) electrons. The van der Waals surface area contributed by atoms with E-state index in [1.54, 1.807) is 0 Å². The van der Waals surface area contributed by atoms with E-state index in [-0.39, 0.29) is 17.8 Å². The van der Waals surface area contributed by atoms with Crippen molar-refractivity contribution in [3.63, 3.8) is 0 Å². The van der Waals surface area contributed by atoms with Crippen molar-refractivity contribution < 1.29 is 17.9 Å². The van der Waals surface area contributed by atoms with Crippen molar-refractivity contribution in [2.24, 2.45) is 5.84 Å². The van der Waals surface area contributed by atoms with Crippen molar-refractivity contribution in [3.8, 4) is 0 Å². The minimum absolute atomic E-state index is 0.0446. The summed E-state index contributed by atoms with van der Waals surface area (Å²) in [5.41, 5.74) is 2.07. The Morgan fingerprint density at radius 2 is 2.17 bits per heavy atom. The molecule has 1 rings (SSSR count).